The number of amides is 1. The molecule has 0 bridgehead atoms. The highest BCUT2D eigenvalue weighted by Crippen LogP contribution is 2.05. The van der Waals surface area contributed by atoms with E-state index in [2.05, 4.69) is 11.9 Å². The molecule has 0 atom stereocenters. The standard InChI is InChI=1S/C12H21N3OS/c1-4-10-9-13-12(17)15(10)8-7-11(16)14(5-2)6-3/h9H,4-8H2,1-3H3,(H,13,17). The topological polar surface area (TPSA) is 41.0 Å². The highest BCUT2D eigenvalue weighted by molar-refractivity contribution is 7.71. The predicted molar refractivity (Wildman–Crippen MR) is 71.5 cm³/mol. The van der Waals surface area contributed by atoms with E-state index in [-0.39, 0.29) is 5.91 Å². The van der Waals surface area contributed by atoms with Crippen LogP contribution in [0, 0.1) is 4.77 Å². The Bertz CT molecular complexity index is 418. The molecule has 1 aromatic heterocycles. The van der Waals surface area contributed by atoms with Crippen molar-refractivity contribution in [1.82, 2.24) is 14.5 Å². The minimum atomic E-state index is 0.195. The van der Waals surface area contributed by atoms with Gasteiger partial charge in [0.2, 0.25) is 5.91 Å². The Labute approximate surface area is 108 Å². The number of carbonyl (C=O) groups excluding carboxylic acids is 1. The molecule has 0 aliphatic carbocycles. The average molecular weight is 255 g/mol. The van der Waals surface area contributed by atoms with Crippen LogP contribution < -0.4 is 0 Å². The summed E-state index contributed by atoms with van der Waals surface area (Å²) in [6.07, 6.45) is 3.36. The third kappa shape index (κ3) is 3.43. The maximum atomic E-state index is 11.9. The molecule has 96 valence electrons. The van der Waals surface area contributed by atoms with E-state index >= 15 is 0 Å². The Morgan fingerprint density at radius 1 is 1.41 bits per heavy atom. The second-order valence-electron chi connectivity index (χ2n) is 3.91. The first kappa shape index (κ1) is 14.0. The molecule has 0 aromatic carbocycles. The van der Waals surface area contributed by atoms with Gasteiger partial charge in [-0.3, -0.25) is 4.79 Å². The van der Waals surface area contributed by atoms with Gasteiger partial charge in [0.15, 0.2) is 4.77 Å². The number of hydrogen-bond donors (Lipinski definition) is 1. The van der Waals surface area contributed by atoms with Gasteiger partial charge in [-0.25, -0.2) is 0 Å². The summed E-state index contributed by atoms with van der Waals surface area (Å²) in [5, 5.41) is 0. The largest absolute Gasteiger partial charge is 0.343 e. The summed E-state index contributed by atoms with van der Waals surface area (Å²) in [5.74, 6) is 0.195. The number of carbonyl (C=O) groups is 1. The van der Waals surface area contributed by atoms with Crippen molar-refractivity contribution in [3.8, 4) is 0 Å². The van der Waals surface area contributed by atoms with Crippen LogP contribution in [-0.4, -0.2) is 33.4 Å². The number of aromatic amines is 1. The SMILES string of the molecule is CCc1c[nH]c(=S)n1CCC(=O)N(CC)CC. The molecule has 4 nitrogen and oxygen atoms in total. The van der Waals surface area contributed by atoms with E-state index in [1.807, 2.05) is 29.5 Å². The molecule has 0 aliphatic heterocycles. The average Bonchev–Trinajstić information content (AvgIpc) is 2.69. The van der Waals surface area contributed by atoms with Gasteiger partial charge in [0.25, 0.3) is 0 Å². The third-order valence-electron chi connectivity index (χ3n) is 2.98. The van der Waals surface area contributed by atoms with Crippen LogP contribution in [0.5, 0.6) is 0 Å². The minimum absolute atomic E-state index is 0.195. The lowest BCUT2D eigenvalue weighted by Gasteiger charge is -2.18. The fourth-order valence-corrected chi connectivity index (χ4v) is 2.18. The van der Waals surface area contributed by atoms with Crippen molar-refractivity contribution in [2.75, 3.05) is 13.1 Å². The van der Waals surface area contributed by atoms with Crippen LogP contribution in [0.3, 0.4) is 0 Å². The number of imidazole rings is 1. The zero-order valence-corrected chi connectivity index (χ0v) is 11.6. The van der Waals surface area contributed by atoms with Crippen LogP contribution in [0.25, 0.3) is 0 Å². The van der Waals surface area contributed by atoms with Crippen molar-refractivity contribution in [3.05, 3.63) is 16.7 Å². The van der Waals surface area contributed by atoms with E-state index in [1.54, 1.807) is 0 Å². The molecule has 1 rings (SSSR count). The zero-order valence-electron chi connectivity index (χ0n) is 10.8. The Morgan fingerprint density at radius 2 is 2.06 bits per heavy atom. The van der Waals surface area contributed by atoms with Crippen molar-refractivity contribution in [2.24, 2.45) is 0 Å². The van der Waals surface area contributed by atoms with Gasteiger partial charge in [-0.1, -0.05) is 6.92 Å². The Morgan fingerprint density at radius 3 is 2.59 bits per heavy atom. The summed E-state index contributed by atoms with van der Waals surface area (Å²) in [4.78, 5) is 16.8. The fourth-order valence-electron chi connectivity index (χ4n) is 1.91. The molecule has 0 unspecified atom stereocenters. The van der Waals surface area contributed by atoms with Crippen molar-refractivity contribution in [3.63, 3.8) is 0 Å². The van der Waals surface area contributed by atoms with Crippen LogP contribution in [0.1, 0.15) is 32.9 Å². The van der Waals surface area contributed by atoms with E-state index in [9.17, 15) is 4.79 Å². The molecule has 17 heavy (non-hydrogen) atoms. The van der Waals surface area contributed by atoms with Crippen LogP contribution in [-0.2, 0) is 17.8 Å². The van der Waals surface area contributed by atoms with Gasteiger partial charge in [0.1, 0.15) is 0 Å². The highest BCUT2D eigenvalue weighted by Gasteiger charge is 2.10. The fraction of sp³-hybridized carbons (Fsp3) is 0.667. The first-order valence-electron chi connectivity index (χ1n) is 6.18. The normalized spacial score (nSPS) is 10.5. The molecule has 0 radical (unpaired) electrons. The van der Waals surface area contributed by atoms with Crippen molar-refractivity contribution in [2.45, 2.75) is 40.2 Å². The summed E-state index contributed by atoms with van der Waals surface area (Å²) in [6, 6.07) is 0. The number of hydrogen-bond acceptors (Lipinski definition) is 2. The van der Waals surface area contributed by atoms with Crippen LogP contribution in [0.15, 0.2) is 6.20 Å². The second kappa shape index (κ2) is 6.59. The lowest BCUT2D eigenvalue weighted by atomic mass is 10.3. The first-order chi connectivity index (χ1) is 8.13. The number of nitrogens with one attached hydrogen (secondary N) is 1. The van der Waals surface area contributed by atoms with E-state index in [4.69, 9.17) is 12.2 Å². The maximum Gasteiger partial charge on any atom is 0.224 e. The number of rotatable bonds is 6. The van der Waals surface area contributed by atoms with Gasteiger partial charge >= 0.3 is 0 Å². The molecule has 1 aromatic rings. The van der Waals surface area contributed by atoms with Gasteiger partial charge < -0.3 is 14.5 Å². The molecule has 0 aliphatic rings. The van der Waals surface area contributed by atoms with Crippen molar-refractivity contribution >= 4 is 18.1 Å². The number of nitrogens with zero attached hydrogens (tertiary/aromatic N) is 2. The summed E-state index contributed by atoms with van der Waals surface area (Å²) >= 11 is 5.20. The summed E-state index contributed by atoms with van der Waals surface area (Å²) < 4.78 is 2.71. The molecule has 5 heteroatoms. The summed E-state index contributed by atoms with van der Waals surface area (Å²) in [7, 11) is 0. The zero-order chi connectivity index (χ0) is 12.8. The predicted octanol–water partition coefficient (Wildman–Crippen LogP) is 2.37. The maximum absolute atomic E-state index is 11.9. The lowest BCUT2D eigenvalue weighted by Crippen LogP contribution is -2.31. The Hall–Kier alpha value is -1.10. The van der Waals surface area contributed by atoms with Crippen molar-refractivity contribution in [1.29, 1.82) is 0 Å². The second-order valence-corrected chi connectivity index (χ2v) is 4.29. The number of aromatic nitrogens is 2. The minimum Gasteiger partial charge on any atom is -0.343 e. The third-order valence-corrected chi connectivity index (χ3v) is 3.32. The van der Waals surface area contributed by atoms with Gasteiger partial charge in [-0.15, -0.1) is 0 Å². The Kier molecular flexibility index (Phi) is 5.41. The van der Waals surface area contributed by atoms with Gasteiger partial charge in [-0.05, 0) is 32.5 Å². The lowest BCUT2D eigenvalue weighted by molar-refractivity contribution is -0.131. The number of H-pyrrole nitrogens is 1. The number of aryl methyl sites for hydroxylation is 1. The monoisotopic (exact) mass is 255 g/mol. The molecule has 0 spiro atoms. The van der Waals surface area contributed by atoms with E-state index in [0.717, 1.165) is 25.2 Å². The van der Waals surface area contributed by atoms with Gasteiger partial charge in [-0.2, -0.15) is 0 Å². The Balaban J connectivity index is 2.64. The molecule has 0 fully saturated rings. The highest BCUT2D eigenvalue weighted by atomic mass is 32.1. The van der Waals surface area contributed by atoms with Gasteiger partial charge in [0.05, 0.1) is 0 Å². The van der Waals surface area contributed by atoms with Crippen molar-refractivity contribution < 1.29 is 4.79 Å². The molecule has 1 amide bonds. The smallest absolute Gasteiger partial charge is 0.224 e. The molecule has 0 saturated heterocycles. The molecule has 0 saturated carbocycles. The molecular formula is C12H21N3OS. The van der Waals surface area contributed by atoms with E-state index < -0.39 is 0 Å². The summed E-state index contributed by atoms with van der Waals surface area (Å²) in [5.41, 5.74) is 1.15. The molecule has 1 heterocycles. The summed E-state index contributed by atoms with van der Waals surface area (Å²) in [6.45, 7) is 8.30. The molecular weight excluding hydrogens is 234 g/mol. The van der Waals surface area contributed by atoms with Crippen LogP contribution in [0.2, 0.25) is 0 Å². The van der Waals surface area contributed by atoms with Crippen LogP contribution >= 0.6 is 12.2 Å². The van der Waals surface area contributed by atoms with Gasteiger partial charge in [0, 0.05) is 37.9 Å². The molecule has 1 N–H and O–H groups in total. The van der Waals surface area contributed by atoms with E-state index in [0.29, 0.717) is 17.7 Å². The van der Waals surface area contributed by atoms with Crippen LogP contribution in [0.4, 0.5) is 0 Å². The quantitative estimate of drug-likeness (QED) is 0.793. The first-order valence-corrected chi connectivity index (χ1v) is 6.59. The van der Waals surface area contributed by atoms with E-state index in [1.165, 1.54) is 0 Å².